The lowest BCUT2D eigenvalue weighted by Gasteiger charge is -2.14. The van der Waals surface area contributed by atoms with Gasteiger partial charge < -0.3 is 15.2 Å². The summed E-state index contributed by atoms with van der Waals surface area (Å²) in [4.78, 5) is 11.7. The first-order valence-corrected chi connectivity index (χ1v) is 7.30. The first kappa shape index (κ1) is 16.0. The molecule has 0 fully saturated rings. The Kier molecular flexibility index (Phi) is 5.55. The molecule has 0 aliphatic carbocycles. The van der Waals surface area contributed by atoms with Gasteiger partial charge in [0.1, 0.15) is 11.8 Å². The topological polar surface area (TPSA) is 61.5 Å². The predicted molar refractivity (Wildman–Crippen MR) is 86.7 cm³/mol. The number of methoxy groups -OCH3 is 1. The number of ether oxygens (including phenoxy) is 2. The van der Waals surface area contributed by atoms with Crippen molar-refractivity contribution < 1.29 is 14.3 Å². The fourth-order valence-electron chi connectivity index (χ4n) is 2.32. The quantitative estimate of drug-likeness (QED) is 0.833. The zero-order chi connectivity index (χ0) is 15.9. The Labute approximate surface area is 130 Å². The number of carbonyl (C=O) groups is 1. The highest BCUT2D eigenvalue weighted by Gasteiger charge is 2.18. The van der Waals surface area contributed by atoms with Gasteiger partial charge in [-0.05, 0) is 35.7 Å². The van der Waals surface area contributed by atoms with E-state index in [1.165, 1.54) is 0 Å². The number of hydrogen-bond donors (Lipinski definition) is 1. The lowest BCUT2D eigenvalue weighted by molar-refractivity contribution is -0.144. The Morgan fingerprint density at radius 1 is 1.14 bits per heavy atom. The van der Waals surface area contributed by atoms with Crippen molar-refractivity contribution in [1.29, 1.82) is 0 Å². The average Bonchev–Trinajstić information content (AvgIpc) is 2.55. The highest BCUT2D eigenvalue weighted by molar-refractivity contribution is 5.76. The molecule has 2 aromatic carbocycles. The van der Waals surface area contributed by atoms with Crippen LogP contribution < -0.4 is 10.5 Å². The molecule has 0 bridgehead atoms. The Hall–Kier alpha value is -2.33. The summed E-state index contributed by atoms with van der Waals surface area (Å²) in [7, 11) is 1.61. The zero-order valence-corrected chi connectivity index (χ0v) is 12.9. The van der Waals surface area contributed by atoms with Crippen molar-refractivity contribution >= 4 is 5.97 Å². The first-order chi connectivity index (χ1) is 10.7. The minimum Gasteiger partial charge on any atom is -0.496 e. The molecule has 4 heteroatoms. The number of hydrogen-bond acceptors (Lipinski definition) is 4. The zero-order valence-electron chi connectivity index (χ0n) is 12.9. The molecule has 0 amide bonds. The van der Waals surface area contributed by atoms with E-state index in [1.807, 2.05) is 48.5 Å². The molecule has 2 aromatic rings. The third-order valence-electron chi connectivity index (χ3n) is 3.42. The monoisotopic (exact) mass is 299 g/mol. The maximum atomic E-state index is 11.7. The summed E-state index contributed by atoms with van der Waals surface area (Å²) in [5.74, 6) is 0.328. The second-order valence-electron chi connectivity index (χ2n) is 4.96. The minimum atomic E-state index is -0.695. The molecule has 0 aliphatic rings. The Morgan fingerprint density at radius 3 is 2.50 bits per heavy atom. The van der Waals surface area contributed by atoms with Crippen molar-refractivity contribution in [2.45, 2.75) is 19.4 Å². The minimum absolute atomic E-state index is 0.327. The van der Waals surface area contributed by atoms with E-state index >= 15 is 0 Å². The molecule has 2 N–H and O–H groups in total. The molecule has 0 aliphatic heterocycles. The molecule has 0 spiro atoms. The second-order valence-corrected chi connectivity index (χ2v) is 4.96. The van der Waals surface area contributed by atoms with E-state index in [4.69, 9.17) is 15.2 Å². The fourth-order valence-corrected chi connectivity index (χ4v) is 2.32. The Balaban J connectivity index is 2.27. The van der Waals surface area contributed by atoms with Crippen LogP contribution in [0.1, 0.15) is 12.5 Å². The molecule has 22 heavy (non-hydrogen) atoms. The van der Waals surface area contributed by atoms with Crippen LogP contribution in [0.2, 0.25) is 0 Å². The van der Waals surface area contributed by atoms with Gasteiger partial charge in [-0.25, -0.2) is 0 Å². The van der Waals surface area contributed by atoms with Gasteiger partial charge in [-0.1, -0.05) is 36.4 Å². The van der Waals surface area contributed by atoms with E-state index in [0.717, 1.165) is 22.4 Å². The van der Waals surface area contributed by atoms with Crippen molar-refractivity contribution in [1.82, 2.24) is 0 Å². The van der Waals surface area contributed by atoms with E-state index in [1.54, 1.807) is 14.0 Å². The van der Waals surface area contributed by atoms with Crippen LogP contribution in [0, 0.1) is 0 Å². The predicted octanol–water partition coefficient (Wildman–Crippen LogP) is 2.80. The molecule has 0 aromatic heterocycles. The van der Waals surface area contributed by atoms with Gasteiger partial charge in [-0.3, -0.25) is 4.79 Å². The summed E-state index contributed by atoms with van der Waals surface area (Å²) in [5, 5.41) is 0. The number of benzene rings is 2. The van der Waals surface area contributed by atoms with Crippen molar-refractivity contribution in [3.63, 3.8) is 0 Å². The number of rotatable bonds is 6. The first-order valence-electron chi connectivity index (χ1n) is 7.30. The van der Waals surface area contributed by atoms with Gasteiger partial charge in [0, 0.05) is 6.42 Å². The summed E-state index contributed by atoms with van der Waals surface area (Å²) >= 11 is 0. The molecule has 1 unspecified atom stereocenters. The summed E-state index contributed by atoms with van der Waals surface area (Å²) in [6.45, 7) is 2.09. The average molecular weight is 299 g/mol. The van der Waals surface area contributed by atoms with Gasteiger partial charge in [-0.15, -0.1) is 0 Å². The number of nitrogens with two attached hydrogens (primary N) is 1. The third kappa shape index (κ3) is 3.86. The van der Waals surface area contributed by atoms with Gasteiger partial charge in [0.2, 0.25) is 0 Å². The standard InChI is InChI=1S/C18H21NO3/c1-3-22-18(20)16(19)12-15-11-14(9-10-17(15)21-2)13-7-5-4-6-8-13/h4-11,16H,3,12,19H2,1-2H3. The van der Waals surface area contributed by atoms with Crippen molar-refractivity contribution in [3.05, 3.63) is 54.1 Å². The molecule has 4 nitrogen and oxygen atoms in total. The number of carbonyl (C=O) groups excluding carboxylic acids is 1. The molecule has 1 atom stereocenters. The molecule has 0 radical (unpaired) electrons. The lowest BCUT2D eigenvalue weighted by atomic mass is 9.98. The summed E-state index contributed by atoms with van der Waals surface area (Å²) in [6, 6.07) is 15.2. The SMILES string of the molecule is CCOC(=O)C(N)Cc1cc(-c2ccccc2)ccc1OC. The normalized spacial score (nSPS) is 11.8. The molecular weight excluding hydrogens is 278 g/mol. The molecule has 0 saturated heterocycles. The summed E-state index contributed by atoms with van der Waals surface area (Å²) in [6.07, 6.45) is 0.378. The maximum Gasteiger partial charge on any atom is 0.323 e. The van der Waals surface area contributed by atoms with Gasteiger partial charge >= 0.3 is 5.97 Å². The largest absolute Gasteiger partial charge is 0.496 e. The van der Waals surface area contributed by atoms with Crippen LogP contribution in [-0.2, 0) is 16.0 Å². The van der Waals surface area contributed by atoms with Crippen molar-refractivity contribution in [3.8, 4) is 16.9 Å². The molecule has 0 heterocycles. The number of esters is 1. The lowest BCUT2D eigenvalue weighted by Crippen LogP contribution is -2.34. The van der Waals surface area contributed by atoms with E-state index in [9.17, 15) is 4.79 Å². The van der Waals surface area contributed by atoms with Gasteiger partial charge in [0.25, 0.3) is 0 Å². The highest BCUT2D eigenvalue weighted by Crippen LogP contribution is 2.27. The van der Waals surface area contributed by atoms with Crippen LogP contribution in [-0.4, -0.2) is 25.7 Å². The molecule has 2 rings (SSSR count). The van der Waals surface area contributed by atoms with E-state index < -0.39 is 12.0 Å². The van der Waals surface area contributed by atoms with Crippen LogP contribution in [0.5, 0.6) is 5.75 Å². The van der Waals surface area contributed by atoms with Crippen LogP contribution in [0.4, 0.5) is 0 Å². The highest BCUT2D eigenvalue weighted by atomic mass is 16.5. The third-order valence-corrected chi connectivity index (χ3v) is 3.42. The molecule has 116 valence electrons. The van der Waals surface area contributed by atoms with E-state index in [-0.39, 0.29) is 0 Å². The smallest absolute Gasteiger partial charge is 0.323 e. The van der Waals surface area contributed by atoms with Gasteiger partial charge in [-0.2, -0.15) is 0 Å². The maximum absolute atomic E-state index is 11.7. The Morgan fingerprint density at radius 2 is 1.86 bits per heavy atom. The van der Waals surface area contributed by atoms with E-state index in [0.29, 0.717) is 13.0 Å². The molecular formula is C18H21NO3. The van der Waals surface area contributed by atoms with Crippen molar-refractivity contribution in [2.75, 3.05) is 13.7 Å². The summed E-state index contributed by atoms with van der Waals surface area (Å²) < 4.78 is 10.3. The second kappa shape index (κ2) is 7.61. The summed E-state index contributed by atoms with van der Waals surface area (Å²) in [5.41, 5.74) is 8.98. The van der Waals surface area contributed by atoms with E-state index in [2.05, 4.69) is 0 Å². The van der Waals surface area contributed by atoms with Gasteiger partial charge in [0.05, 0.1) is 13.7 Å². The van der Waals surface area contributed by atoms with Crippen LogP contribution >= 0.6 is 0 Å². The van der Waals surface area contributed by atoms with Gasteiger partial charge in [0.15, 0.2) is 0 Å². The Bertz CT molecular complexity index is 625. The molecule has 0 saturated carbocycles. The van der Waals surface area contributed by atoms with Crippen molar-refractivity contribution in [2.24, 2.45) is 5.73 Å². The van der Waals surface area contributed by atoms with Crippen LogP contribution in [0.25, 0.3) is 11.1 Å². The van der Waals surface area contributed by atoms with Crippen LogP contribution in [0.15, 0.2) is 48.5 Å². The fraction of sp³-hybridized carbons (Fsp3) is 0.278. The van der Waals surface area contributed by atoms with Crippen LogP contribution in [0.3, 0.4) is 0 Å².